The van der Waals surface area contributed by atoms with Gasteiger partial charge in [-0.15, -0.1) is 0 Å². The molecule has 0 unspecified atom stereocenters. The zero-order valence-electron chi connectivity index (χ0n) is 13.7. The van der Waals surface area contributed by atoms with Crippen LogP contribution in [0.3, 0.4) is 0 Å². The highest BCUT2D eigenvalue weighted by atomic mass is 16.7. The van der Waals surface area contributed by atoms with Gasteiger partial charge >= 0.3 is 5.97 Å². The first-order valence-corrected chi connectivity index (χ1v) is 8.10. The van der Waals surface area contributed by atoms with Gasteiger partial charge in [-0.3, -0.25) is 4.79 Å². The zero-order valence-corrected chi connectivity index (χ0v) is 13.7. The van der Waals surface area contributed by atoms with Crippen LogP contribution in [-0.2, 0) is 19.0 Å². The molecule has 2 fully saturated rings. The van der Waals surface area contributed by atoms with Crippen molar-refractivity contribution in [2.45, 2.75) is 18.6 Å². The summed E-state index contributed by atoms with van der Waals surface area (Å²) in [6.45, 7) is 2.70. The lowest BCUT2D eigenvalue weighted by Gasteiger charge is -2.37. The Balaban J connectivity index is 1.50. The predicted octanol–water partition coefficient (Wildman–Crippen LogP) is 1.25. The fourth-order valence-electron chi connectivity index (χ4n) is 3.05. The highest BCUT2D eigenvalue weighted by molar-refractivity contribution is 5.90. The number of piperidine rings is 1. The number of likely N-dealkylation sites (tertiary alicyclic amines) is 1. The molecule has 1 amide bonds. The largest absolute Gasteiger partial charge is 0.465 e. The summed E-state index contributed by atoms with van der Waals surface area (Å²) < 4.78 is 16.0. The van der Waals surface area contributed by atoms with Gasteiger partial charge in [0.1, 0.15) is 0 Å². The molecule has 0 atom stereocenters. The van der Waals surface area contributed by atoms with E-state index >= 15 is 0 Å². The minimum atomic E-state index is -0.473. The van der Waals surface area contributed by atoms with Crippen LogP contribution in [0.15, 0.2) is 24.3 Å². The van der Waals surface area contributed by atoms with Crippen molar-refractivity contribution in [3.8, 4) is 0 Å². The molecule has 130 valence electrons. The highest BCUT2D eigenvalue weighted by Gasteiger charge is 2.40. The molecule has 1 aromatic rings. The van der Waals surface area contributed by atoms with Gasteiger partial charge in [-0.1, -0.05) is 6.07 Å². The van der Waals surface area contributed by atoms with Crippen LogP contribution in [-0.4, -0.2) is 62.5 Å². The van der Waals surface area contributed by atoms with E-state index in [0.717, 1.165) is 0 Å². The third kappa shape index (κ3) is 3.68. The molecule has 7 heteroatoms. The SMILES string of the molecule is COC(=O)c1cccc(NCC(=O)N2CCC3(CC2)OCCO3)c1. The number of carbonyl (C=O) groups is 2. The Morgan fingerprint density at radius 1 is 1.25 bits per heavy atom. The van der Waals surface area contributed by atoms with Crippen molar-refractivity contribution in [3.63, 3.8) is 0 Å². The summed E-state index contributed by atoms with van der Waals surface area (Å²) in [5, 5.41) is 3.06. The number of amides is 1. The summed E-state index contributed by atoms with van der Waals surface area (Å²) in [5.74, 6) is -0.854. The van der Waals surface area contributed by atoms with E-state index in [-0.39, 0.29) is 12.5 Å². The van der Waals surface area contributed by atoms with Crippen molar-refractivity contribution >= 4 is 17.6 Å². The minimum absolute atomic E-state index is 0.0197. The standard InChI is InChI=1S/C17H22N2O5/c1-22-16(21)13-3-2-4-14(11-13)18-12-15(20)19-7-5-17(6-8-19)23-9-10-24-17/h2-4,11,18H,5-10,12H2,1H3. The van der Waals surface area contributed by atoms with Crippen molar-refractivity contribution in [3.05, 3.63) is 29.8 Å². The average Bonchev–Trinajstić information content (AvgIpc) is 3.08. The lowest BCUT2D eigenvalue weighted by molar-refractivity contribution is -0.187. The van der Waals surface area contributed by atoms with Gasteiger partial charge in [-0.05, 0) is 18.2 Å². The predicted molar refractivity (Wildman–Crippen MR) is 86.7 cm³/mol. The molecule has 0 aromatic heterocycles. The molecule has 7 nitrogen and oxygen atoms in total. The molecule has 0 radical (unpaired) electrons. The van der Waals surface area contributed by atoms with Gasteiger partial charge in [0.05, 0.1) is 32.4 Å². The Bertz CT molecular complexity index is 603. The molecule has 2 heterocycles. The number of methoxy groups -OCH3 is 1. The number of rotatable bonds is 4. The number of anilines is 1. The first-order valence-electron chi connectivity index (χ1n) is 8.10. The van der Waals surface area contributed by atoms with E-state index in [9.17, 15) is 9.59 Å². The number of esters is 1. The molecule has 3 rings (SSSR count). The van der Waals surface area contributed by atoms with E-state index in [2.05, 4.69) is 5.32 Å². The molecule has 24 heavy (non-hydrogen) atoms. The van der Waals surface area contributed by atoms with Gasteiger partial charge in [0.25, 0.3) is 0 Å². The summed E-state index contributed by atoms with van der Waals surface area (Å²) in [6.07, 6.45) is 1.41. The van der Waals surface area contributed by atoms with E-state index in [1.54, 1.807) is 18.2 Å². The second-order valence-corrected chi connectivity index (χ2v) is 5.91. The van der Waals surface area contributed by atoms with Crippen molar-refractivity contribution < 1.29 is 23.8 Å². The summed E-state index contributed by atoms with van der Waals surface area (Å²) in [7, 11) is 1.34. The number of hydrogen-bond acceptors (Lipinski definition) is 6. The third-order valence-electron chi connectivity index (χ3n) is 4.42. The number of carbonyl (C=O) groups excluding carboxylic acids is 2. The van der Waals surface area contributed by atoms with E-state index in [1.165, 1.54) is 7.11 Å². The van der Waals surface area contributed by atoms with E-state index in [4.69, 9.17) is 14.2 Å². The zero-order chi connectivity index (χ0) is 17.0. The topological polar surface area (TPSA) is 77.1 Å². The summed E-state index contributed by atoms with van der Waals surface area (Å²) >= 11 is 0. The van der Waals surface area contributed by atoms with Crippen molar-refractivity contribution in [1.29, 1.82) is 0 Å². The van der Waals surface area contributed by atoms with Crippen LogP contribution in [0.4, 0.5) is 5.69 Å². The van der Waals surface area contributed by atoms with E-state index in [1.807, 2.05) is 11.0 Å². The Hall–Kier alpha value is -2.12. The van der Waals surface area contributed by atoms with Gasteiger partial charge < -0.3 is 24.4 Å². The number of nitrogens with one attached hydrogen (secondary N) is 1. The lowest BCUT2D eigenvalue weighted by Crippen LogP contribution is -2.48. The van der Waals surface area contributed by atoms with Gasteiger partial charge in [-0.2, -0.15) is 0 Å². The quantitative estimate of drug-likeness (QED) is 0.835. The summed E-state index contributed by atoms with van der Waals surface area (Å²) in [4.78, 5) is 25.7. The van der Waals surface area contributed by atoms with Gasteiger partial charge in [0.2, 0.25) is 5.91 Å². The second-order valence-electron chi connectivity index (χ2n) is 5.91. The first-order chi connectivity index (χ1) is 11.6. The van der Waals surface area contributed by atoms with Crippen molar-refractivity contribution in [1.82, 2.24) is 4.90 Å². The molecule has 1 spiro atoms. The van der Waals surface area contributed by atoms with E-state index in [0.29, 0.717) is 50.4 Å². The molecular formula is C17H22N2O5. The van der Waals surface area contributed by atoms with Gasteiger partial charge in [0, 0.05) is 31.6 Å². The second kappa shape index (κ2) is 7.19. The maximum absolute atomic E-state index is 12.3. The molecular weight excluding hydrogens is 312 g/mol. The van der Waals surface area contributed by atoms with Gasteiger partial charge in [0.15, 0.2) is 5.79 Å². The summed E-state index contributed by atoms with van der Waals surface area (Å²) in [6, 6.07) is 6.90. The Morgan fingerprint density at radius 3 is 2.62 bits per heavy atom. The molecule has 2 aliphatic heterocycles. The van der Waals surface area contributed by atoms with Crippen LogP contribution in [0.25, 0.3) is 0 Å². The fraction of sp³-hybridized carbons (Fsp3) is 0.529. The summed E-state index contributed by atoms with van der Waals surface area (Å²) in [5.41, 5.74) is 1.16. The molecule has 0 aliphatic carbocycles. The van der Waals surface area contributed by atoms with Crippen LogP contribution in [0.5, 0.6) is 0 Å². The van der Waals surface area contributed by atoms with Crippen LogP contribution in [0.2, 0.25) is 0 Å². The van der Waals surface area contributed by atoms with Crippen LogP contribution < -0.4 is 5.32 Å². The Kier molecular flexibility index (Phi) is 5.01. The minimum Gasteiger partial charge on any atom is -0.465 e. The van der Waals surface area contributed by atoms with Crippen LogP contribution >= 0.6 is 0 Å². The van der Waals surface area contributed by atoms with E-state index < -0.39 is 11.8 Å². The molecule has 2 aliphatic rings. The Labute approximate surface area is 140 Å². The van der Waals surface area contributed by atoms with Gasteiger partial charge in [-0.25, -0.2) is 4.79 Å². The molecule has 0 saturated carbocycles. The number of nitrogens with zero attached hydrogens (tertiary/aromatic N) is 1. The monoisotopic (exact) mass is 334 g/mol. The highest BCUT2D eigenvalue weighted by Crippen LogP contribution is 2.31. The maximum atomic E-state index is 12.3. The van der Waals surface area contributed by atoms with Crippen molar-refractivity contribution in [2.75, 3.05) is 45.3 Å². The molecule has 2 saturated heterocycles. The normalized spacial score (nSPS) is 19.3. The average molecular weight is 334 g/mol. The maximum Gasteiger partial charge on any atom is 0.337 e. The number of ether oxygens (including phenoxy) is 3. The third-order valence-corrected chi connectivity index (χ3v) is 4.42. The number of hydrogen-bond donors (Lipinski definition) is 1. The Morgan fingerprint density at radius 2 is 1.96 bits per heavy atom. The lowest BCUT2D eigenvalue weighted by atomic mass is 10.0. The molecule has 1 N–H and O–H groups in total. The smallest absolute Gasteiger partial charge is 0.337 e. The van der Waals surface area contributed by atoms with Crippen molar-refractivity contribution in [2.24, 2.45) is 0 Å². The number of benzene rings is 1. The molecule has 1 aromatic carbocycles. The first kappa shape index (κ1) is 16.7. The fourth-order valence-corrected chi connectivity index (χ4v) is 3.05. The van der Waals surface area contributed by atoms with Crippen LogP contribution in [0, 0.1) is 0 Å². The molecule has 0 bridgehead atoms. The van der Waals surface area contributed by atoms with Crippen LogP contribution in [0.1, 0.15) is 23.2 Å².